The molecule has 15 heavy (non-hydrogen) atoms. The van der Waals surface area contributed by atoms with E-state index in [2.05, 4.69) is 5.32 Å². The molecule has 0 bridgehead atoms. The second-order valence-corrected chi connectivity index (χ2v) is 4.34. The van der Waals surface area contributed by atoms with Crippen molar-refractivity contribution >= 4 is 5.97 Å². The zero-order valence-corrected chi connectivity index (χ0v) is 9.24. The molecule has 0 heterocycles. The van der Waals surface area contributed by atoms with Gasteiger partial charge in [-0.2, -0.15) is 0 Å². The third kappa shape index (κ3) is 4.18. The molecule has 1 saturated carbocycles. The number of carboxylic acids is 1. The summed E-state index contributed by atoms with van der Waals surface area (Å²) in [7, 11) is 0. The minimum absolute atomic E-state index is 0.135. The molecular formula is C11H22N2O2. The Hall–Kier alpha value is -0.610. The molecule has 88 valence electrons. The lowest BCUT2D eigenvalue weighted by molar-refractivity contribution is -0.144. The second-order valence-electron chi connectivity index (χ2n) is 4.34. The van der Waals surface area contributed by atoms with Gasteiger partial charge in [-0.25, -0.2) is 0 Å². The molecule has 0 aromatic carbocycles. The Balaban J connectivity index is 2.26. The van der Waals surface area contributed by atoms with Crippen molar-refractivity contribution in [3.05, 3.63) is 0 Å². The maximum absolute atomic E-state index is 11.0. The van der Waals surface area contributed by atoms with E-state index in [1.165, 1.54) is 6.42 Å². The average molecular weight is 214 g/mol. The Bertz CT molecular complexity index is 197. The minimum atomic E-state index is -0.625. The van der Waals surface area contributed by atoms with Crippen LogP contribution < -0.4 is 11.1 Å². The normalized spacial score (nSPS) is 26.5. The van der Waals surface area contributed by atoms with Crippen LogP contribution >= 0.6 is 0 Å². The highest BCUT2D eigenvalue weighted by Crippen LogP contribution is 2.29. The Kier molecular flexibility index (Phi) is 5.65. The molecule has 0 radical (unpaired) electrons. The van der Waals surface area contributed by atoms with Crippen LogP contribution in [0.3, 0.4) is 0 Å². The van der Waals surface area contributed by atoms with E-state index in [1.807, 2.05) is 0 Å². The van der Waals surface area contributed by atoms with Crippen molar-refractivity contribution in [3.8, 4) is 0 Å². The number of nitrogens with one attached hydrogen (secondary N) is 1. The van der Waals surface area contributed by atoms with Crippen LogP contribution in [0.2, 0.25) is 0 Å². The summed E-state index contributed by atoms with van der Waals surface area (Å²) in [5.41, 5.74) is 5.39. The number of carboxylic acid groups (broad SMARTS) is 1. The number of hydrogen-bond acceptors (Lipinski definition) is 3. The molecule has 4 N–H and O–H groups in total. The van der Waals surface area contributed by atoms with Crippen LogP contribution in [0.1, 0.15) is 32.1 Å². The zero-order valence-electron chi connectivity index (χ0n) is 9.24. The first-order valence-electron chi connectivity index (χ1n) is 5.89. The summed E-state index contributed by atoms with van der Waals surface area (Å²) < 4.78 is 0. The fourth-order valence-corrected chi connectivity index (χ4v) is 2.29. The van der Waals surface area contributed by atoms with E-state index in [4.69, 9.17) is 10.8 Å². The molecule has 1 fully saturated rings. The molecule has 2 unspecified atom stereocenters. The van der Waals surface area contributed by atoms with E-state index in [0.717, 1.165) is 38.8 Å². The molecule has 0 amide bonds. The van der Waals surface area contributed by atoms with Crippen LogP contribution in [0.5, 0.6) is 0 Å². The van der Waals surface area contributed by atoms with Crippen molar-refractivity contribution in [2.75, 3.05) is 19.6 Å². The topological polar surface area (TPSA) is 75.3 Å². The lowest BCUT2D eigenvalue weighted by Crippen LogP contribution is -2.35. The lowest BCUT2D eigenvalue weighted by atomic mass is 9.79. The lowest BCUT2D eigenvalue weighted by Gasteiger charge is -2.28. The average Bonchev–Trinajstić information content (AvgIpc) is 2.25. The fraction of sp³-hybridized carbons (Fsp3) is 0.909. The van der Waals surface area contributed by atoms with Gasteiger partial charge in [0.1, 0.15) is 0 Å². The summed E-state index contributed by atoms with van der Waals surface area (Å²) in [6.45, 7) is 2.43. The number of aliphatic carboxylic acids is 1. The highest BCUT2D eigenvalue weighted by atomic mass is 16.4. The highest BCUT2D eigenvalue weighted by molar-refractivity contribution is 5.70. The van der Waals surface area contributed by atoms with Gasteiger partial charge in [0.15, 0.2) is 0 Å². The fourth-order valence-electron chi connectivity index (χ4n) is 2.29. The van der Waals surface area contributed by atoms with Crippen LogP contribution in [-0.4, -0.2) is 30.7 Å². The molecule has 2 atom stereocenters. The van der Waals surface area contributed by atoms with Gasteiger partial charge in [0.05, 0.1) is 5.92 Å². The molecule has 4 heteroatoms. The van der Waals surface area contributed by atoms with E-state index in [1.54, 1.807) is 0 Å². The third-order valence-corrected chi connectivity index (χ3v) is 3.19. The van der Waals surface area contributed by atoms with Crippen LogP contribution in [-0.2, 0) is 4.79 Å². The Morgan fingerprint density at radius 3 is 2.80 bits per heavy atom. The van der Waals surface area contributed by atoms with E-state index in [0.29, 0.717) is 12.5 Å². The molecule has 0 saturated heterocycles. The number of hydrogen-bond donors (Lipinski definition) is 3. The van der Waals surface area contributed by atoms with E-state index in [-0.39, 0.29) is 5.92 Å². The Morgan fingerprint density at radius 2 is 2.13 bits per heavy atom. The summed E-state index contributed by atoms with van der Waals surface area (Å²) in [5.74, 6) is -0.446. The molecule has 0 aliphatic heterocycles. The van der Waals surface area contributed by atoms with Gasteiger partial charge in [0, 0.05) is 0 Å². The van der Waals surface area contributed by atoms with Crippen LogP contribution in [0.25, 0.3) is 0 Å². The monoisotopic (exact) mass is 214 g/mol. The predicted molar refractivity (Wildman–Crippen MR) is 59.6 cm³/mol. The molecule has 1 aliphatic rings. The molecule has 0 spiro atoms. The first kappa shape index (κ1) is 12.5. The van der Waals surface area contributed by atoms with Gasteiger partial charge < -0.3 is 16.2 Å². The third-order valence-electron chi connectivity index (χ3n) is 3.19. The van der Waals surface area contributed by atoms with Crippen molar-refractivity contribution in [1.82, 2.24) is 5.32 Å². The quantitative estimate of drug-likeness (QED) is 0.572. The smallest absolute Gasteiger partial charge is 0.306 e. The van der Waals surface area contributed by atoms with Gasteiger partial charge >= 0.3 is 5.97 Å². The summed E-state index contributed by atoms with van der Waals surface area (Å²) >= 11 is 0. The van der Waals surface area contributed by atoms with Crippen molar-refractivity contribution in [1.29, 1.82) is 0 Å². The highest BCUT2D eigenvalue weighted by Gasteiger charge is 2.29. The Morgan fingerprint density at radius 1 is 1.40 bits per heavy atom. The van der Waals surface area contributed by atoms with E-state index < -0.39 is 5.97 Å². The Labute approximate surface area is 91.2 Å². The number of rotatable bonds is 6. The van der Waals surface area contributed by atoms with Crippen molar-refractivity contribution < 1.29 is 9.90 Å². The molecule has 1 aliphatic carbocycles. The molecule has 1 rings (SSSR count). The van der Waals surface area contributed by atoms with Gasteiger partial charge in [0.25, 0.3) is 0 Å². The summed E-state index contributed by atoms with van der Waals surface area (Å²) in [6.07, 6.45) is 5.10. The van der Waals surface area contributed by atoms with Gasteiger partial charge in [0.2, 0.25) is 0 Å². The van der Waals surface area contributed by atoms with Gasteiger partial charge in [-0.1, -0.05) is 12.8 Å². The number of nitrogens with two attached hydrogens (primary N) is 1. The maximum Gasteiger partial charge on any atom is 0.306 e. The van der Waals surface area contributed by atoms with Crippen LogP contribution in [0.15, 0.2) is 0 Å². The van der Waals surface area contributed by atoms with Crippen molar-refractivity contribution in [3.63, 3.8) is 0 Å². The second kappa shape index (κ2) is 6.80. The summed E-state index contributed by atoms with van der Waals surface area (Å²) in [6, 6.07) is 0. The summed E-state index contributed by atoms with van der Waals surface area (Å²) in [4.78, 5) is 11.0. The van der Waals surface area contributed by atoms with Crippen LogP contribution in [0.4, 0.5) is 0 Å². The summed E-state index contributed by atoms with van der Waals surface area (Å²) in [5, 5.41) is 12.4. The van der Waals surface area contributed by atoms with E-state index >= 15 is 0 Å². The molecule has 4 nitrogen and oxygen atoms in total. The largest absolute Gasteiger partial charge is 0.481 e. The SMILES string of the molecule is NCCCNCC1CCCCC1C(=O)O. The standard InChI is InChI=1S/C11H22N2O2/c12-6-3-7-13-8-9-4-1-2-5-10(9)11(14)15/h9-10,13H,1-8,12H2,(H,14,15). The first-order valence-corrected chi connectivity index (χ1v) is 5.89. The first-order chi connectivity index (χ1) is 7.25. The van der Waals surface area contributed by atoms with Gasteiger partial charge in [-0.3, -0.25) is 4.79 Å². The van der Waals surface area contributed by atoms with Crippen molar-refractivity contribution in [2.45, 2.75) is 32.1 Å². The van der Waals surface area contributed by atoms with Crippen LogP contribution in [0, 0.1) is 11.8 Å². The maximum atomic E-state index is 11.0. The van der Waals surface area contributed by atoms with Crippen molar-refractivity contribution in [2.24, 2.45) is 17.6 Å². The molecular weight excluding hydrogens is 192 g/mol. The number of carbonyl (C=O) groups is 1. The molecule has 0 aromatic heterocycles. The zero-order chi connectivity index (χ0) is 11.1. The van der Waals surface area contributed by atoms with Gasteiger partial charge in [-0.15, -0.1) is 0 Å². The van der Waals surface area contributed by atoms with Gasteiger partial charge in [-0.05, 0) is 44.8 Å². The predicted octanol–water partition coefficient (Wildman–Crippen LogP) is 0.816. The molecule has 0 aromatic rings. The minimum Gasteiger partial charge on any atom is -0.481 e. The van der Waals surface area contributed by atoms with E-state index in [9.17, 15) is 4.79 Å².